The van der Waals surface area contributed by atoms with Crippen LogP contribution in [-0.2, 0) is 0 Å². The molecule has 2 heterocycles. The lowest BCUT2D eigenvalue weighted by molar-refractivity contribution is 0.669. The first-order valence-corrected chi connectivity index (χ1v) is 19.1. The minimum Gasteiger partial charge on any atom is -0.456 e. The normalized spacial score (nSPS) is 11.5. The molecule has 11 rings (SSSR count). The molecule has 9 aromatic carbocycles. The summed E-state index contributed by atoms with van der Waals surface area (Å²) >= 11 is 0. The second kappa shape index (κ2) is 13.2. The van der Waals surface area contributed by atoms with Crippen LogP contribution in [0.25, 0.3) is 82.5 Å². The average molecular weight is 728 g/mol. The van der Waals surface area contributed by atoms with E-state index in [2.05, 4.69) is 179 Å². The number of benzene rings is 9. The average Bonchev–Trinajstić information content (AvgIpc) is 3.82. The summed E-state index contributed by atoms with van der Waals surface area (Å²) in [5.74, 6) is 0. The van der Waals surface area contributed by atoms with Gasteiger partial charge in [-0.3, -0.25) is 0 Å². The van der Waals surface area contributed by atoms with Gasteiger partial charge < -0.3 is 13.9 Å². The number of rotatable bonds is 6. The Morgan fingerprint density at radius 1 is 0.404 bits per heavy atom. The zero-order valence-corrected chi connectivity index (χ0v) is 30.8. The molecule has 0 aliphatic heterocycles. The van der Waals surface area contributed by atoms with Gasteiger partial charge in [0.15, 0.2) is 0 Å². The van der Waals surface area contributed by atoms with Crippen LogP contribution in [0.15, 0.2) is 205 Å². The summed E-state index contributed by atoms with van der Waals surface area (Å²) < 4.78 is 8.54. The monoisotopic (exact) mass is 727 g/mol. The lowest BCUT2D eigenvalue weighted by Crippen LogP contribution is -2.10. The molecule has 266 valence electrons. The Balaban J connectivity index is 1.15. The SMILES string of the molecule is N#Cc1ccc(-n2c3ccccc3c3cc(-c4cc(-c5ccc6oc7ccccc7c6c5)cc(N(c5ccccc5)c5ccc6ccccc6c5)c4)ccc32)cc1. The number of furan rings is 1. The number of hydrogen-bond acceptors (Lipinski definition) is 3. The van der Waals surface area contributed by atoms with Crippen molar-refractivity contribution in [2.75, 3.05) is 4.90 Å². The van der Waals surface area contributed by atoms with Gasteiger partial charge in [-0.1, -0.05) is 97.1 Å². The molecule has 0 radical (unpaired) electrons. The van der Waals surface area contributed by atoms with Crippen LogP contribution < -0.4 is 4.90 Å². The number of nitrogens with zero attached hydrogens (tertiary/aromatic N) is 3. The van der Waals surface area contributed by atoms with Crippen molar-refractivity contribution < 1.29 is 4.42 Å². The Kier molecular flexibility index (Phi) is 7.52. The van der Waals surface area contributed by atoms with Crippen molar-refractivity contribution in [1.29, 1.82) is 5.26 Å². The zero-order valence-electron chi connectivity index (χ0n) is 30.8. The van der Waals surface area contributed by atoms with E-state index in [0.29, 0.717) is 5.56 Å². The molecular formula is C53H33N3O. The van der Waals surface area contributed by atoms with Gasteiger partial charge in [0, 0.05) is 44.3 Å². The van der Waals surface area contributed by atoms with Crippen molar-refractivity contribution in [3.63, 3.8) is 0 Å². The van der Waals surface area contributed by atoms with Gasteiger partial charge >= 0.3 is 0 Å². The number of fused-ring (bicyclic) bond motifs is 7. The van der Waals surface area contributed by atoms with Crippen LogP contribution in [0.1, 0.15) is 5.56 Å². The summed E-state index contributed by atoms with van der Waals surface area (Å²) in [5.41, 5.74) is 13.3. The third-order valence-corrected chi connectivity index (χ3v) is 11.2. The molecule has 0 spiro atoms. The fraction of sp³-hybridized carbons (Fsp3) is 0. The predicted octanol–water partition coefficient (Wildman–Crippen LogP) is 14.5. The zero-order chi connectivity index (χ0) is 37.9. The van der Waals surface area contributed by atoms with E-state index in [0.717, 1.165) is 78.0 Å². The maximum atomic E-state index is 9.47. The van der Waals surface area contributed by atoms with Crippen molar-refractivity contribution in [3.8, 4) is 34.0 Å². The van der Waals surface area contributed by atoms with Crippen LogP contribution >= 0.6 is 0 Å². The van der Waals surface area contributed by atoms with Crippen LogP contribution in [-0.4, -0.2) is 4.57 Å². The molecule has 0 saturated heterocycles. The fourth-order valence-corrected chi connectivity index (χ4v) is 8.44. The summed E-state index contributed by atoms with van der Waals surface area (Å²) in [7, 11) is 0. The van der Waals surface area contributed by atoms with E-state index in [1.165, 1.54) is 21.5 Å². The number of para-hydroxylation sites is 3. The van der Waals surface area contributed by atoms with Crippen molar-refractivity contribution in [2.45, 2.75) is 0 Å². The highest BCUT2D eigenvalue weighted by Crippen LogP contribution is 2.43. The van der Waals surface area contributed by atoms with E-state index in [-0.39, 0.29) is 0 Å². The van der Waals surface area contributed by atoms with Gasteiger partial charge in [-0.2, -0.15) is 5.26 Å². The number of hydrogen-bond donors (Lipinski definition) is 0. The van der Waals surface area contributed by atoms with Gasteiger partial charge in [0.05, 0.1) is 22.7 Å². The second-order valence-corrected chi connectivity index (χ2v) is 14.5. The van der Waals surface area contributed by atoms with Crippen LogP contribution in [0.2, 0.25) is 0 Å². The molecule has 2 aromatic heterocycles. The Morgan fingerprint density at radius 2 is 1.05 bits per heavy atom. The van der Waals surface area contributed by atoms with Gasteiger partial charge in [0.25, 0.3) is 0 Å². The summed E-state index contributed by atoms with van der Waals surface area (Å²) in [6, 6.07) is 73.0. The topological polar surface area (TPSA) is 45.1 Å². The van der Waals surface area contributed by atoms with Gasteiger partial charge in [0.2, 0.25) is 0 Å². The summed E-state index contributed by atoms with van der Waals surface area (Å²) in [4.78, 5) is 2.36. The molecule has 0 fully saturated rings. The summed E-state index contributed by atoms with van der Waals surface area (Å²) in [6.07, 6.45) is 0. The van der Waals surface area contributed by atoms with Gasteiger partial charge in [0.1, 0.15) is 11.2 Å². The van der Waals surface area contributed by atoms with Gasteiger partial charge in [-0.15, -0.1) is 0 Å². The molecule has 0 aliphatic carbocycles. The van der Waals surface area contributed by atoms with Crippen LogP contribution in [0.5, 0.6) is 0 Å². The maximum absolute atomic E-state index is 9.47. The molecule has 11 aromatic rings. The lowest BCUT2D eigenvalue weighted by Gasteiger charge is -2.27. The predicted molar refractivity (Wildman–Crippen MR) is 236 cm³/mol. The molecule has 4 nitrogen and oxygen atoms in total. The van der Waals surface area contributed by atoms with Crippen LogP contribution in [0, 0.1) is 11.3 Å². The molecule has 4 heteroatoms. The molecule has 0 atom stereocenters. The van der Waals surface area contributed by atoms with Crippen LogP contribution in [0.4, 0.5) is 17.1 Å². The van der Waals surface area contributed by atoms with E-state index >= 15 is 0 Å². The van der Waals surface area contributed by atoms with Crippen molar-refractivity contribution in [2.24, 2.45) is 0 Å². The summed E-state index contributed by atoms with van der Waals surface area (Å²) in [6.45, 7) is 0. The third kappa shape index (κ3) is 5.53. The standard InChI is InChI=1S/C53H33N3O/c54-34-35-18-23-43(24-19-35)56-50-16-8-6-14-46(50)48-32-38(21-26-51(48)56)40-28-41(39-22-27-53-49(33-39)47-15-7-9-17-52(47)57-53)31-45(30-40)55(42-12-2-1-3-13-42)44-25-20-36-10-4-5-11-37(36)29-44/h1-33H. The lowest BCUT2D eigenvalue weighted by atomic mass is 9.95. The Hall–Kier alpha value is -7.87. The molecule has 0 amide bonds. The molecule has 0 aliphatic rings. The Morgan fingerprint density at radius 3 is 1.86 bits per heavy atom. The molecule has 0 bridgehead atoms. The molecule has 0 unspecified atom stereocenters. The number of aromatic nitrogens is 1. The third-order valence-electron chi connectivity index (χ3n) is 11.2. The van der Waals surface area contributed by atoms with E-state index in [1.54, 1.807) is 0 Å². The largest absolute Gasteiger partial charge is 0.456 e. The Labute approximate surface area is 329 Å². The fourth-order valence-electron chi connectivity index (χ4n) is 8.44. The minimum atomic E-state index is 0.644. The minimum absolute atomic E-state index is 0.644. The highest BCUT2D eigenvalue weighted by atomic mass is 16.3. The smallest absolute Gasteiger partial charge is 0.135 e. The first-order chi connectivity index (χ1) is 28.2. The van der Waals surface area contributed by atoms with E-state index in [9.17, 15) is 5.26 Å². The first-order valence-electron chi connectivity index (χ1n) is 19.1. The van der Waals surface area contributed by atoms with E-state index in [1.807, 2.05) is 36.4 Å². The highest BCUT2D eigenvalue weighted by Gasteiger charge is 2.19. The second-order valence-electron chi connectivity index (χ2n) is 14.5. The summed E-state index contributed by atoms with van der Waals surface area (Å²) in [5, 5.41) is 16.4. The van der Waals surface area contributed by atoms with Gasteiger partial charge in [-0.25, -0.2) is 0 Å². The molecule has 57 heavy (non-hydrogen) atoms. The Bertz CT molecular complexity index is 3370. The quantitative estimate of drug-likeness (QED) is 0.171. The van der Waals surface area contributed by atoms with Crippen molar-refractivity contribution in [1.82, 2.24) is 4.57 Å². The maximum Gasteiger partial charge on any atom is 0.135 e. The highest BCUT2D eigenvalue weighted by molar-refractivity contribution is 6.11. The van der Waals surface area contributed by atoms with Crippen molar-refractivity contribution in [3.05, 3.63) is 206 Å². The van der Waals surface area contributed by atoms with E-state index in [4.69, 9.17) is 4.42 Å². The van der Waals surface area contributed by atoms with Crippen LogP contribution in [0.3, 0.4) is 0 Å². The molecule has 0 saturated carbocycles. The number of anilines is 3. The van der Waals surface area contributed by atoms with E-state index < -0.39 is 0 Å². The number of nitriles is 1. The molecular weight excluding hydrogens is 695 g/mol. The first kappa shape index (κ1) is 32.6. The van der Waals surface area contributed by atoms with Gasteiger partial charge in [-0.05, 0) is 136 Å². The van der Waals surface area contributed by atoms with Crippen molar-refractivity contribution >= 4 is 71.6 Å². The molecule has 0 N–H and O–H groups in total.